The topological polar surface area (TPSA) is 63.3 Å². The van der Waals surface area contributed by atoms with Crippen LogP contribution in [0, 0.1) is 5.92 Å². The molecule has 9 heavy (non-hydrogen) atoms. The van der Waals surface area contributed by atoms with Crippen LogP contribution >= 0.6 is 0 Å². The van der Waals surface area contributed by atoms with Gasteiger partial charge in [-0.15, -0.1) is 0 Å². The summed E-state index contributed by atoms with van der Waals surface area (Å²) in [4.78, 5) is 10.4. The predicted molar refractivity (Wildman–Crippen MR) is 33.0 cm³/mol. The average Bonchev–Trinajstić information content (AvgIpc) is 1.82. The fourth-order valence-corrected chi connectivity index (χ4v) is 1.06. The van der Waals surface area contributed by atoms with Gasteiger partial charge in [0.15, 0.2) is 0 Å². The molecule has 0 aliphatic heterocycles. The fourth-order valence-electron chi connectivity index (χ4n) is 1.06. The Labute approximate surface area is 53.9 Å². The number of carboxylic acid groups (broad SMARTS) is 1. The number of rotatable bonds is 1. The highest BCUT2D eigenvalue weighted by atomic mass is 16.4. The molecule has 0 amide bonds. The van der Waals surface area contributed by atoms with Crippen molar-refractivity contribution in [2.75, 3.05) is 0 Å². The first kappa shape index (κ1) is 6.55. The summed E-state index contributed by atoms with van der Waals surface area (Å²) in [5.74, 6) is -0.712. The lowest BCUT2D eigenvalue weighted by atomic mass is 9.68. The molecule has 0 aromatic heterocycles. The van der Waals surface area contributed by atoms with Crippen LogP contribution in [0.25, 0.3) is 0 Å². The molecule has 0 radical (unpaired) electrons. The molecule has 0 saturated heterocycles. The Morgan fingerprint density at radius 3 is 2.44 bits per heavy atom. The monoisotopic (exact) mass is 129 g/mol. The lowest BCUT2D eigenvalue weighted by Crippen LogP contribution is -2.59. The van der Waals surface area contributed by atoms with Crippen molar-refractivity contribution >= 4 is 5.97 Å². The maximum Gasteiger partial charge on any atom is 0.323 e. The summed E-state index contributed by atoms with van der Waals surface area (Å²) in [6.07, 6.45) is 1.58. The quantitative estimate of drug-likeness (QED) is 0.531. The Balaban J connectivity index is 2.64. The molecular weight excluding hydrogens is 118 g/mol. The molecular formula is C6H11NO2. The Bertz CT molecular complexity index is 146. The summed E-state index contributed by atoms with van der Waals surface area (Å²) < 4.78 is 0. The lowest BCUT2D eigenvalue weighted by Gasteiger charge is -2.40. The van der Waals surface area contributed by atoms with Gasteiger partial charge in [0.1, 0.15) is 5.54 Å². The standard InChI is InChI=1S/C6H11NO2/c1-4-2-3-6(4,7)5(8)9/h4H,2-3,7H2,1H3,(H,8,9). The molecule has 52 valence electrons. The maximum absolute atomic E-state index is 10.4. The molecule has 0 bridgehead atoms. The van der Waals surface area contributed by atoms with Gasteiger partial charge in [0.2, 0.25) is 0 Å². The van der Waals surface area contributed by atoms with E-state index in [2.05, 4.69) is 0 Å². The third kappa shape index (κ3) is 0.721. The number of nitrogens with two attached hydrogens (primary N) is 1. The first-order valence-electron chi connectivity index (χ1n) is 3.09. The lowest BCUT2D eigenvalue weighted by molar-refractivity contribution is -0.149. The zero-order valence-electron chi connectivity index (χ0n) is 5.42. The van der Waals surface area contributed by atoms with Crippen LogP contribution in [-0.2, 0) is 4.79 Å². The van der Waals surface area contributed by atoms with Crippen LogP contribution in [0.4, 0.5) is 0 Å². The van der Waals surface area contributed by atoms with E-state index in [1.165, 1.54) is 0 Å². The molecule has 3 heteroatoms. The highest BCUT2D eigenvalue weighted by Crippen LogP contribution is 2.35. The number of hydrogen-bond acceptors (Lipinski definition) is 2. The molecule has 0 aromatic rings. The molecule has 3 N–H and O–H groups in total. The van der Waals surface area contributed by atoms with Crippen LogP contribution in [0.15, 0.2) is 0 Å². The molecule has 1 aliphatic carbocycles. The fraction of sp³-hybridized carbons (Fsp3) is 0.833. The predicted octanol–water partition coefficient (Wildman–Crippen LogP) is 0.198. The van der Waals surface area contributed by atoms with Crippen molar-refractivity contribution in [2.45, 2.75) is 25.3 Å². The summed E-state index contributed by atoms with van der Waals surface area (Å²) in [7, 11) is 0. The third-order valence-electron chi connectivity index (χ3n) is 2.27. The summed E-state index contributed by atoms with van der Waals surface area (Å²) in [5, 5.41) is 8.54. The van der Waals surface area contributed by atoms with E-state index in [0.717, 1.165) is 6.42 Å². The first-order valence-corrected chi connectivity index (χ1v) is 3.09. The zero-order chi connectivity index (χ0) is 7.07. The minimum Gasteiger partial charge on any atom is -0.480 e. The van der Waals surface area contributed by atoms with Crippen molar-refractivity contribution in [2.24, 2.45) is 11.7 Å². The second-order valence-corrected chi connectivity index (χ2v) is 2.79. The van der Waals surface area contributed by atoms with Crippen molar-refractivity contribution in [3.8, 4) is 0 Å². The normalized spacial score (nSPS) is 41.8. The van der Waals surface area contributed by atoms with Crippen molar-refractivity contribution in [1.29, 1.82) is 0 Å². The Kier molecular flexibility index (Phi) is 1.24. The Hall–Kier alpha value is -0.570. The maximum atomic E-state index is 10.4. The van der Waals surface area contributed by atoms with Crippen molar-refractivity contribution in [3.05, 3.63) is 0 Å². The van der Waals surface area contributed by atoms with Crippen LogP contribution in [0.3, 0.4) is 0 Å². The molecule has 3 nitrogen and oxygen atoms in total. The SMILES string of the molecule is CC1CCC1(N)C(=O)O. The second kappa shape index (κ2) is 1.70. The summed E-state index contributed by atoms with van der Waals surface area (Å²) >= 11 is 0. The molecule has 0 heterocycles. The van der Waals surface area contributed by atoms with E-state index in [1.807, 2.05) is 6.92 Å². The van der Waals surface area contributed by atoms with Gasteiger partial charge in [-0.1, -0.05) is 6.92 Å². The van der Waals surface area contributed by atoms with Gasteiger partial charge >= 0.3 is 5.97 Å². The average molecular weight is 129 g/mol. The molecule has 0 spiro atoms. The van der Waals surface area contributed by atoms with Gasteiger partial charge in [-0.3, -0.25) is 4.79 Å². The number of carbonyl (C=O) groups is 1. The zero-order valence-corrected chi connectivity index (χ0v) is 5.42. The Morgan fingerprint density at radius 1 is 1.89 bits per heavy atom. The highest BCUT2D eigenvalue weighted by Gasteiger charge is 2.46. The number of hydrogen-bond donors (Lipinski definition) is 2. The van der Waals surface area contributed by atoms with E-state index in [4.69, 9.17) is 10.8 Å². The van der Waals surface area contributed by atoms with Crippen LogP contribution < -0.4 is 5.73 Å². The van der Waals surface area contributed by atoms with Crippen LogP contribution in [0.1, 0.15) is 19.8 Å². The number of carboxylic acids is 1. The first-order chi connectivity index (χ1) is 4.07. The van der Waals surface area contributed by atoms with Gasteiger partial charge in [0, 0.05) is 0 Å². The van der Waals surface area contributed by atoms with Crippen molar-refractivity contribution in [1.82, 2.24) is 0 Å². The van der Waals surface area contributed by atoms with Gasteiger partial charge in [-0.2, -0.15) is 0 Å². The van der Waals surface area contributed by atoms with E-state index < -0.39 is 11.5 Å². The second-order valence-electron chi connectivity index (χ2n) is 2.79. The molecule has 2 atom stereocenters. The molecule has 1 saturated carbocycles. The largest absolute Gasteiger partial charge is 0.480 e. The van der Waals surface area contributed by atoms with Gasteiger partial charge in [0.25, 0.3) is 0 Å². The van der Waals surface area contributed by atoms with Crippen LogP contribution in [-0.4, -0.2) is 16.6 Å². The number of aliphatic carboxylic acids is 1. The third-order valence-corrected chi connectivity index (χ3v) is 2.27. The van der Waals surface area contributed by atoms with Gasteiger partial charge in [0.05, 0.1) is 0 Å². The Morgan fingerprint density at radius 2 is 2.44 bits per heavy atom. The van der Waals surface area contributed by atoms with E-state index in [0.29, 0.717) is 6.42 Å². The van der Waals surface area contributed by atoms with E-state index >= 15 is 0 Å². The van der Waals surface area contributed by atoms with E-state index in [9.17, 15) is 4.79 Å². The van der Waals surface area contributed by atoms with Crippen LogP contribution in [0.2, 0.25) is 0 Å². The molecule has 1 aliphatic rings. The minimum absolute atomic E-state index is 0.148. The van der Waals surface area contributed by atoms with E-state index in [1.54, 1.807) is 0 Å². The van der Waals surface area contributed by atoms with Gasteiger partial charge in [-0.25, -0.2) is 0 Å². The summed E-state index contributed by atoms with van der Waals surface area (Å²) in [6, 6.07) is 0. The highest BCUT2D eigenvalue weighted by molar-refractivity contribution is 5.80. The van der Waals surface area contributed by atoms with Gasteiger partial charge < -0.3 is 10.8 Å². The molecule has 1 rings (SSSR count). The molecule has 0 aromatic carbocycles. The smallest absolute Gasteiger partial charge is 0.323 e. The minimum atomic E-state index is -0.903. The molecule has 1 fully saturated rings. The summed E-state index contributed by atoms with van der Waals surface area (Å²) in [6.45, 7) is 1.87. The van der Waals surface area contributed by atoms with E-state index in [-0.39, 0.29) is 5.92 Å². The van der Waals surface area contributed by atoms with Crippen molar-refractivity contribution < 1.29 is 9.90 Å². The van der Waals surface area contributed by atoms with Gasteiger partial charge in [-0.05, 0) is 18.8 Å². The molecule has 2 unspecified atom stereocenters. The summed E-state index contributed by atoms with van der Waals surface area (Å²) in [5.41, 5.74) is 4.59. The van der Waals surface area contributed by atoms with Crippen molar-refractivity contribution in [3.63, 3.8) is 0 Å². The van der Waals surface area contributed by atoms with Crippen LogP contribution in [0.5, 0.6) is 0 Å².